The van der Waals surface area contributed by atoms with Gasteiger partial charge in [0.1, 0.15) is 0 Å². The molecule has 3 aromatic rings. The van der Waals surface area contributed by atoms with E-state index < -0.39 is 10.0 Å². The number of fused-ring (bicyclic) bond motifs is 1. The van der Waals surface area contributed by atoms with Gasteiger partial charge in [-0.2, -0.15) is 15.6 Å². The predicted molar refractivity (Wildman–Crippen MR) is 104 cm³/mol. The second-order valence-electron chi connectivity index (χ2n) is 5.98. The third-order valence-corrected chi connectivity index (χ3v) is 7.63. The molecule has 1 aliphatic rings. The number of thiophene rings is 1. The highest BCUT2D eigenvalue weighted by atomic mass is 79.9. The minimum atomic E-state index is -3.58. The first-order valence-corrected chi connectivity index (χ1v) is 11.1. The maximum Gasteiger partial charge on any atom is 0.243 e. The summed E-state index contributed by atoms with van der Waals surface area (Å²) in [5, 5.41) is 4.04. The zero-order valence-electron chi connectivity index (χ0n) is 13.3. The van der Waals surface area contributed by atoms with Gasteiger partial charge in [0, 0.05) is 11.0 Å². The molecule has 0 radical (unpaired) electrons. The van der Waals surface area contributed by atoms with Gasteiger partial charge in [-0.25, -0.2) is 8.42 Å². The average molecular weight is 434 g/mol. The lowest BCUT2D eigenvalue weighted by Gasteiger charge is -2.36. The van der Waals surface area contributed by atoms with Gasteiger partial charge in [0.05, 0.1) is 10.9 Å². The van der Waals surface area contributed by atoms with E-state index in [1.807, 2.05) is 35.0 Å². The molecule has 0 saturated carbocycles. The Balaban J connectivity index is 1.84. The molecule has 0 N–H and O–H groups in total. The highest BCUT2D eigenvalue weighted by Crippen LogP contribution is 2.39. The number of hydrogen-bond acceptors (Lipinski definition) is 3. The Kier molecular flexibility index (Phi) is 4.54. The lowest BCUT2D eigenvalue weighted by atomic mass is 9.91. The number of benzene rings is 2. The summed E-state index contributed by atoms with van der Waals surface area (Å²) in [6.45, 7) is 0.482. The summed E-state index contributed by atoms with van der Waals surface area (Å²) >= 11 is 4.96. The topological polar surface area (TPSA) is 37.4 Å². The number of nitrogens with zero attached hydrogens (tertiary/aromatic N) is 1. The lowest BCUT2D eigenvalue weighted by Crippen LogP contribution is -2.40. The molecule has 2 heterocycles. The Morgan fingerprint density at radius 2 is 1.80 bits per heavy atom. The molecular formula is C19H16BrNO2S2. The summed E-state index contributed by atoms with van der Waals surface area (Å²) < 4.78 is 29.2. The Bertz CT molecular complexity index is 983. The van der Waals surface area contributed by atoms with Crippen LogP contribution < -0.4 is 0 Å². The monoisotopic (exact) mass is 433 g/mol. The molecule has 4 rings (SSSR count). The van der Waals surface area contributed by atoms with Crippen LogP contribution in [0.2, 0.25) is 0 Å². The summed E-state index contributed by atoms with van der Waals surface area (Å²) in [7, 11) is -3.58. The summed E-state index contributed by atoms with van der Waals surface area (Å²) in [6, 6.07) is 16.7. The van der Waals surface area contributed by atoms with E-state index >= 15 is 0 Å². The molecule has 0 amide bonds. The summed E-state index contributed by atoms with van der Waals surface area (Å²) in [5.74, 6) is 0. The van der Waals surface area contributed by atoms with Crippen LogP contribution in [0.4, 0.5) is 0 Å². The van der Waals surface area contributed by atoms with Crippen LogP contribution in [0.5, 0.6) is 0 Å². The fraction of sp³-hybridized carbons (Fsp3) is 0.158. The van der Waals surface area contributed by atoms with Crippen LogP contribution in [-0.4, -0.2) is 19.3 Å². The molecule has 1 aliphatic heterocycles. The van der Waals surface area contributed by atoms with Crippen LogP contribution in [0.15, 0.2) is 74.7 Å². The van der Waals surface area contributed by atoms with Crippen LogP contribution in [0.3, 0.4) is 0 Å². The number of rotatable bonds is 3. The first kappa shape index (κ1) is 17.0. The predicted octanol–water partition coefficient (Wildman–Crippen LogP) is 4.85. The molecule has 0 spiro atoms. The molecule has 0 fully saturated rings. The summed E-state index contributed by atoms with van der Waals surface area (Å²) in [5.41, 5.74) is 3.33. The highest BCUT2D eigenvalue weighted by molar-refractivity contribution is 9.10. The minimum absolute atomic E-state index is 0.273. The molecule has 6 heteroatoms. The first-order valence-electron chi connectivity index (χ1n) is 7.95. The quantitative estimate of drug-likeness (QED) is 0.591. The van der Waals surface area contributed by atoms with Crippen molar-refractivity contribution in [1.29, 1.82) is 0 Å². The summed E-state index contributed by atoms with van der Waals surface area (Å²) in [6.07, 6.45) is 0.729. The molecule has 0 bridgehead atoms. The molecule has 1 aromatic heterocycles. The van der Waals surface area contributed by atoms with Crippen molar-refractivity contribution < 1.29 is 8.42 Å². The third kappa shape index (κ3) is 3.08. The second-order valence-corrected chi connectivity index (χ2v) is 9.56. The van der Waals surface area contributed by atoms with Crippen molar-refractivity contribution >= 4 is 37.3 Å². The van der Waals surface area contributed by atoms with Gasteiger partial charge in [-0.15, -0.1) is 0 Å². The average Bonchev–Trinajstić information content (AvgIpc) is 3.15. The van der Waals surface area contributed by atoms with E-state index in [1.165, 1.54) is 5.56 Å². The first-order chi connectivity index (χ1) is 12.1. The number of halogens is 1. The zero-order valence-corrected chi connectivity index (χ0v) is 16.5. The van der Waals surface area contributed by atoms with E-state index in [9.17, 15) is 8.42 Å². The van der Waals surface area contributed by atoms with E-state index in [0.717, 1.165) is 22.0 Å². The van der Waals surface area contributed by atoms with Gasteiger partial charge in [0.15, 0.2) is 0 Å². The van der Waals surface area contributed by atoms with E-state index in [2.05, 4.69) is 22.0 Å². The fourth-order valence-corrected chi connectivity index (χ4v) is 5.86. The standard InChI is InChI=1S/C19H16BrNO2S2/c20-16-5-7-17(8-6-16)25(22,23)21-11-9-14-3-1-2-4-18(14)19(21)15-10-12-24-13-15/h1-8,10,12-13,19H,9,11H2. The van der Waals surface area contributed by atoms with Gasteiger partial charge in [0.25, 0.3) is 0 Å². The highest BCUT2D eigenvalue weighted by Gasteiger charge is 2.37. The van der Waals surface area contributed by atoms with Crippen molar-refractivity contribution in [2.75, 3.05) is 6.54 Å². The molecular weight excluding hydrogens is 418 g/mol. The van der Waals surface area contributed by atoms with E-state index in [4.69, 9.17) is 0 Å². The minimum Gasteiger partial charge on any atom is -0.207 e. The Labute approximate surface area is 160 Å². The SMILES string of the molecule is O=S(=O)(c1ccc(Br)cc1)N1CCc2ccccc2C1c1ccsc1. The molecule has 0 saturated heterocycles. The van der Waals surface area contributed by atoms with Crippen LogP contribution in [-0.2, 0) is 16.4 Å². The van der Waals surface area contributed by atoms with E-state index in [-0.39, 0.29) is 6.04 Å². The van der Waals surface area contributed by atoms with E-state index in [0.29, 0.717) is 11.4 Å². The van der Waals surface area contributed by atoms with Gasteiger partial charge >= 0.3 is 0 Å². The Morgan fingerprint density at radius 3 is 2.52 bits per heavy atom. The normalized spacial score (nSPS) is 18.0. The second kappa shape index (κ2) is 6.68. The third-order valence-electron chi connectivity index (χ3n) is 4.52. The largest absolute Gasteiger partial charge is 0.243 e. The molecule has 25 heavy (non-hydrogen) atoms. The molecule has 0 aliphatic carbocycles. The van der Waals surface area contributed by atoms with Crippen LogP contribution in [0.25, 0.3) is 0 Å². The molecule has 2 aromatic carbocycles. The fourth-order valence-electron chi connectivity index (χ4n) is 3.32. The summed E-state index contributed by atoms with van der Waals surface area (Å²) in [4.78, 5) is 0.329. The Morgan fingerprint density at radius 1 is 1.04 bits per heavy atom. The molecule has 128 valence electrons. The van der Waals surface area contributed by atoms with Crippen LogP contribution in [0.1, 0.15) is 22.7 Å². The van der Waals surface area contributed by atoms with Crippen molar-refractivity contribution in [3.8, 4) is 0 Å². The van der Waals surface area contributed by atoms with Crippen molar-refractivity contribution in [3.63, 3.8) is 0 Å². The van der Waals surface area contributed by atoms with Crippen molar-refractivity contribution in [2.24, 2.45) is 0 Å². The van der Waals surface area contributed by atoms with E-state index in [1.54, 1.807) is 39.9 Å². The number of hydrogen-bond donors (Lipinski definition) is 0. The van der Waals surface area contributed by atoms with Gasteiger partial charge < -0.3 is 0 Å². The van der Waals surface area contributed by atoms with Crippen molar-refractivity contribution in [1.82, 2.24) is 4.31 Å². The van der Waals surface area contributed by atoms with Gasteiger partial charge in [-0.1, -0.05) is 40.2 Å². The molecule has 3 nitrogen and oxygen atoms in total. The maximum atomic E-state index is 13.3. The van der Waals surface area contributed by atoms with Crippen molar-refractivity contribution in [3.05, 3.63) is 86.5 Å². The Hall–Kier alpha value is -1.47. The smallest absolute Gasteiger partial charge is 0.207 e. The molecule has 1 unspecified atom stereocenters. The number of sulfonamides is 1. The lowest BCUT2D eigenvalue weighted by molar-refractivity contribution is 0.344. The molecule has 1 atom stereocenters. The van der Waals surface area contributed by atoms with Gasteiger partial charge in [-0.05, 0) is 64.2 Å². The van der Waals surface area contributed by atoms with Gasteiger partial charge in [0.2, 0.25) is 10.0 Å². The maximum absolute atomic E-state index is 13.3. The van der Waals surface area contributed by atoms with Crippen molar-refractivity contribution in [2.45, 2.75) is 17.4 Å². The van der Waals surface area contributed by atoms with Crippen LogP contribution >= 0.6 is 27.3 Å². The van der Waals surface area contributed by atoms with Gasteiger partial charge in [-0.3, -0.25) is 0 Å². The van der Waals surface area contributed by atoms with Crippen LogP contribution in [0, 0.1) is 0 Å². The zero-order chi connectivity index (χ0) is 17.4.